The van der Waals surface area contributed by atoms with Crippen LogP contribution in [0.4, 0.5) is 0 Å². The van der Waals surface area contributed by atoms with Crippen LogP contribution in [0.5, 0.6) is 0 Å². The Kier molecular flexibility index (Phi) is 5.15. The zero-order chi connectivity index (χ0) is 22.6. The van der Waals surface area contributed by atoms with E-state index in [1.165, 1.54) is 34.5 Å². The molecule has 2 aromatic carbocycles. The van der Waals surface area contributed by atoms with Crippen molar-refractivity contribution in [2.45, 2.75) is 78.3 Å². The molecule has 1 amide bonds. The highest BCUT2D eigenvalue weighted by Gasteiger charge is 2.32. The summed E-state index contributed by atoms with van der Waals surface area (Å²) in [4.78, 5) is 19.9. The molecule has 0 saturated carbocycles. The Hall–Kier alpha value is -2.62. The van der Waals surface area contributed by atoms with Crippen LogP contribution in [0, 0.1) is 5.41 Å². The van der Waals surface area contributed by atoms with Crippen LogP contribution in [-0.4, -0.2) is 26.9 Å². The standard InChI is InChI=1S/C28H35N3O/c1-18-15-19(2)31-25-16-22(12-13-23(25)29-27(18)31)20-8-10-21(11-9-20)24-7-6-14-30(24)26(32)17-28(3,4)5/h8-13,16,18-19,24H,6-7,14-15,17H2,1-5H3. The predicted octanol–water partition coefficient (Wildman–Crippen LogP) is 6.87. The lowest BCUT2D eigenvalue weighted by Gasteiger charge is -2.28. The zero-order valence-electron chi connectivity index (χ0n) is 20.1. The van der Waals surface area contributed by atoms with E-state index >= 15 is 0 Å². The van der Waals surface area contributed by atoms with Gasteiger partial charge in [0.15, 0.2) is 0 Å². The third-order valence-corrected chi connectivity index (χ3v) is 7.18. The fourth-order valence-electron chi connectivity index (χ4n) is 5.69. The molecule has 4 nitrogen and oxygen atoms in total. The highest BCUT2D eigenvalue weighted by molar-refractivity contribution is 5.83. The minimum Gasteiger partial charge on any atom is -0.336 e. The highest BCUT2D eigenvalue weighted by atomic mass is 16.2. The Bertz CT molecular complexity index is 1150. The molecule has 0 radical (unpaired) electrons. The van der Waals surface area contributed by atoms with Crippen LogP contribution < -0.4 is 0 Å². The van der Waals surface area contributed by atoms with Crippen LogP contribution in [0.1, 0.15) is 89.7 Å². The number of aromatic nitrogens is 2. The average molecular weight is 430 g/mol. The lowest BCUT2D eigenvalue weighted by atomic mass is 9.91. The van der Waals surface area contributed by atoms with Crippen LogP contribution in [0.3, 0.4) is 0 Å². The third kappa shape index (κ3) is 3.74. The van der Waals surface area contributed by atoms with E-state index in [2.05, 4.69) is 86.6 Å². The molecular formula is C28H35N3O. The molecule has 0 bridgehead atoms. The Morgan fingerprint density at radius 3 is 2.50 bits per heavy atom. The fraction of sp³-hybridized carbons (Fsp3) is 0.500. The first-order chi connectivity index (χ1) is 15.2. The third-order valence-electron chi connectivity index (χ3n) is 7.18. The van der Waals surface area contributed by atoms with Crippen LogP contribution in [-0.2, 0) is 4.79 Å². The molecule has 3 unspecified atom stereocenters. The number of hydrogen-bond acceptors (Lipinski definition) is 2. The summed E-state index contributed by atoms with van der Waals surface area (Å²) < 4.78 is 2.43. The summed E-state index contributed by atoms with van der Waals surface area (Å²) in [6.45, 7) is 11.9. The van der Waals surface area contributed by atoms with Gasteiger partial charge in [-0.15, -0.1) is 0 Å². The predicted molar refractivity (Wildman–Crippen MR) is 131 cm³/mol. The molecule has 4 heteroatoms. The summed E-state index contributed by atoms with van der Waals surface area (Å²) in [6.07, 6.45) is 3.92. The molecule has 3 heterocycles. The van der Waals surface area contributed by atoms with Gasteiger partial charge in [-0.3, -0.25) is 4.79 Å². The molecule has 5 rings (SSSR count). The summed E-state index contributed by atoms with van der Waals surface area (Å²) >= 11 is 0. The number of carbonyl (C=O) groups is 1. The monoisotopic (exact) mass is 429 g/mol. The highest BCUT2D eigenvalue weighted by Crippen LogP contribution is 2.40. The van der Waals surface area contributed by atoms with Gasteiger partial charge in [-0.05, 0) is 60.4 Å². The number of benzene rings is 2. The van der Waals surface area contributed by atoms with Crippen molar-refractivity contribution in [2.75, 3.05) is 6.54 Å². The number of rotatable bonds is 3. The SMILES string of the molecule is CC1CC(C)n2c1nc1ccc(-c3ccc(C4CCCN4C(=O)CC(C)(C)C)cc3)cc12. The van der Waals surface area contributed by atoms with E-state index in [1.807, 2.05) is 0 Å². The normalized spacial score (nSPS) is 23.2. The van der Waals surface area contributed by atoms with Crippen LogP contribution >= 0.6 is 0 Å². The van der Waals surface area contributed by atoms with Crippen molar-refractivity contribution >= 4 is 16.9 Å². The second-order valence-corrected chi connectivity index (χ2v) is 11.1. The molecule has 3 atom stereocenters. The maximum absolute atomic E-state index is 12.9. The van der Waals surface area contributed by atoms with Gasteiger partial charge in [0.25, 0.3) is 0 Å². The average Bonchev–Trinajstić information content (AvgIpc) is 3.43. The Balaban J connectivity index is 1.41. The quantitative estimate of drug-likeness (QED) is 0.455. The van der Waals surface area contributed by atoms with Crippen LogP contribution in [0.15, 0.2) is 42.5 Å². The first-order valence-corrected chi connectivity index (χ1v) is 12.1. The molecule has 1 saturated heterocycles. The second kappa shape index (κ2) is 7.75. The molecule has 32 heavy (non-hydrogen) atoms. The maximum Gasteiger partial charge on any atom is 0.223 e. The number of fused-ring (bicyclic) bond motifs is 3. The molecule has 2 aliphatic rings. The molecule has 2 aliphatic heterocycles. The van der Waals surface area contributed by atoms with E-state index in [4.69, 9.17) is 4.98 Å². The van der Waals surface area contributed by atoms with E-state index in [-0.39, 0.29) is 17.4 Å². The van der Waals surface area contributed by atoms with Crippen molar-refractivity contribution in [1.29, 1.82) is 0 Å². The number of likely N-dealkylation sites (tertiary alicyclic amines) is 1. The fourth-order valence-corrected chi connectivity index (χ4v) is 5.69. The maximum atomic E-state index is 12.9. The molecular weight excluding hydrogens is 394 g/mol. The molecule has 3 aromatic rings. The van der Waals surface area contributed by atoms with E-state index < -0.39 is 0 Å². The number of amides is 1. The smallest absolute Gasteiger partial charge is 0.223 e. The van der Waals surface area contributed by atoms with Gasteiger partial charge in [-0.2, -0.15) is 0 Å². The van der Waals surface area contributed by atoms with Gasteiger partial charge >= 0.3 is 0 Å². The van der Waals surface area contributed by atoms with E-state index in [0.29, 0.717) is 18.4 Å². The Morgan fingerprint density at radius 1 is 1.06 bits per heavy atom. The lowest BCUT2D eigenvalue weighted by Crippen LogP contribution is -2.33. The van der Waals surface area contributed by atoms with Gasteiger partial charge in [0.05, 0.1) is 17.1 Å². The molecule has 1 aromatic heterocycles. The van der Waals surface area contributed by atoms with Gasteiger partial charge in [0, 0.05) is 24.9 Å². The van der Waals surface area contributed by atoms with Crippen molar-refractivity contribution in [3.63, 3.8) is 0 Å². The topological polar surface area (TPSA) is 38.1 Å². The van der Waals surface area contributed by atoms with Gasteiger partial charge in [0.2, 0.25) is 5.91 Å². The molecule has 1 fully saturated rings. The molecule has 168 valence electrons. The first kappa shape index (κ1) is 21.2. The van der Waals surface area contributed by atoms with Crippen molar-refractivity contribution in [3.05, 3.63) is 53.9 Å². The number of carbonyl (C=O) groups excluding carboxylic acids is 1. The number of nitrogens with zero attached hydrogens (tertiary/aromatic N) is 3. The van der Waals surface area contributed by atoms with Crippen LogP contribution in [0.2, 0.25) is 0 Å². The second-order valence-electron chi connectivity index (χ2n) is 11.1. The van der Waals surface area contributed by atoms with Crippen molar-refractivity contribution in [3.8, 4) is 11.1 Å². The van der Waals surface area contributed by atoms with Gasteiger partial charge in [0.1, 0.15) is 5.82 Å². The van der Waals surface area contributed by atoms with E-state index in [0.717, 1.165) is 24.9 Å². The van der Waals surface area contributed by atoms with E-state index in [9.17, 15) is 4.79 Å². The number of hydrogen-bond donors (Lipinski definition) is 0. The summed E-state index contributed by atoms with van der Waals surface area (Å²) in [5, 5.41) is 0. The minimum absolute atomic E-state index is 0.0237. The first-order valence-electron chi connectivity index (χ1n) is 12.1. The summed E-state index contributed by atoms with van der Waals surface area (Å²) in [7, 11) is 0. The van der Waals surface area contributed by atoms with Crippen LogP contribution in [0.25, 0.3) is 22.2 Å². The summed E-state index contributed by atoms with van der Waals surface area (Å²) in [6, 6.07) is 16.2. The molecule has 0 aliphatic carbocycles. The summed E-state index contributed by atoms with van der Waals surface area (Å²) in [5.41, 5.74) is 6.06. The van der Waals surface area contributed by atoms with Gasteiger partial charge < -0.3 is 9.47 Å². The largest absolute Gasteiger partial charge is 0.336 e. The number of imidazole rings is 1. The van der Waals surface area contributed by atoms with Crippen molar-refractivity contribution < 1.29 is 4.79 Å². The Labute approximate surface area is 191 Å². The molecule has 0 spiro atoms. The summed E-state index contributed by atoms with van der Waals surface area (Å²) in [5.74, 6) is 2.03. The van der Waals surface area contributed by atoms with E-state index in [1.54, 1.807) is 0 Å². The van der Waals surface area contributed by atoms with Crippen molar-refractivity contribution in [1.82, 2.24) is 14.5 Å². The zero-order valence-corrected chi connectivity index (χ0v) is 20.1. The van der Waals surface area contributed by atoms with Crippen molar-refractivity contribution in [2.24, 2.45) is 5.41 Å². The Morgan fingerprint density at radius 2 is 1.78 bits per heavy atom. The lowest BCUT2D eigenvalue weighted by molar-refractivity contribution is -0.134. The van der Waals surface area contributed by atoms with Gasteiger partial charge in [-0.25, -0.2) is 4.98 Å². The minimum atomic E-state index is 0.0237. The van der Waals surface area contributed by atoms with Gasteiger partial charge in [-0.1, -0.05) is 58.0 Å². The molecule has 0 N–H and O–H groups in total.